The van der Waals surface area contributed by atoms with Crippen LogP contribution in [0.5, 0.6) is 5.75 Å². The number of ether oxygens (including phenoxy) is 2. The van der Waals surface area contributed by atoms with Crippen LogP contribution in [0.25, 0.3) is 0 Å². The predicted molar refractivity (Wildman–Crippen MR) is 59.6 cm³/mol. The fourth-order valence-corrected chi connectivity index (χ4v) is 1.88. The molecule has 0 N–H and O–H groups in total. The third-order valence-corrected chi connectivity index (χ3v) is 2.75. The second-order valence-corrected chi connectivity index (χ2v) is 4.22. The lowest BCUT2D eigenvalue weighted by Gasteiger charge is -2.16. The number of pyridine rings is 1. The Labute approximate surface area is 122 Å². The summed E-state index contributed by atoms with van der Waals surface area (Å²) in [5.41, 5.74) is -2.87. The molecule has 118 valence electrons. The molecule has 1 aromatic rings. The quantitative estimate of drug-likeness (QED) is 0.587. The smallest absolute Gasteiger partial charge is 0.461 e. The SMILES string of the molecule is CCOC(=O)c1ncc(OC(F)(F)F)c(Br)c1C(F)(F)F. The van der Waals surface area contributed by atoms with E-state index in [-0.39, 0.29) is 6.61 Å². The molecule has 11 heteroatoms. The van der Waals surface area contributed by atoms with Crippen molar-refractivity contribution in [3.05, 3.63) is 21.9 Å². The van der Waals surface area contributed by atoms with Crippen molar-refractivity contribution in [3.63, 3.8) is 0 Å². The number of carbonyl (C=O) groups is 1. The summed E-state index contributed by atoms with van der Waals surface area (Å²) in [5, 5.41) is 0. The third kappa shape index (κ3) is 4.48. The van der Waals surface area contributed by atoms with Gasteiger partial charge in [0, 0.05) is 0 Å². The Morgan fingerprint density at radius 2 is 1.86 bits per heavy atom. The summed E-state index contributed by atoms with van der Waals surface area (Å²) in [6.07, 6.45) is -10.0. The molecule has 0 aliphatic rings. The molecule has 21 heavy (non-hydrogen) atoms. The van der Waals surface area contributed by atoms with Crippen molar-refractivity contribution in [2.75, 3.05) is 6.61 Å². The zero-order valence-electron chi connectivity index (χ0n) is 10.1. The molecule has 0 aliphatic carbocycles. The van der Waals surface area contributed by atoms with Crippen LogP contribution in [0.2, 0.25) is 0 Å². The molecule has 0 saturated carbocycles. The number of hydrogen-bond donors (Lipinski definition) is 0. The number of rotatable bonds is 3. The molecule has 1 heterocycles. The maximum Gasteiger partial charge on any atom is 0.573 e. The van der Waals surface area contributed by atoms with Gasteiger partial charge in [-0.1, -0.05) is 0 Å². The van der Waals surface area contributed by atoms with Crippen LogP contribution in [-0.2, 0) is 10.9 Å². The maximum atomic E-state index is 12.9. The van der Waals surface area contributed by atoms with Crippen LogP contribution in [0.1, 0.15) is 23.0 Å². The molecule has 4 nitrogen and oxygen atoms in total. The molecule has 0 amide bonds. The van der Waals surface area contributed by atoms with Crippen LogP contribution >= 0.6 is 15.9 Å². The van der Waals surface area contributed by atoms with Crippen LogP contribution < -0.4 is 4.74 Å². The summed E-state index contributed by atoms with van der Waals surface area (Å²) < 4.78 is 81.7. The summed E-state index contributed by atoms with van der Waals surface area (Å²) in [5.74, 6) is -2.63. The topological polar surface area (TPSA) is 48.4 Å². The molecule has 0 aromatic carbocycles. The number of hydrogen-bond acceptors (Lipinski definition) is 4. The molecule has 0 bridgehead atoms. The van der Waals surface area contributed by atoms with E-state index in [1.54, 1.807) is 0 Å². The first-order chi connectivity index (χ1) is 9.47. The molecule has 1 aromatic heterocycles. The fourth-order valence-electron chi connectivity index (χ4n) is 1.28. The number of halogens is 7. The average Bonchev–Trinajstić information content (AvgIpc) is 2.28. The van der Waals surface area contributed by atoms with Crippen LogP contribution in [0, 0.1) is 0 Å². The van der Waals surface area contributed by atoms with Crippen molar-refractivity contribution < 1.29 is 40.6 Å². The first-order valence-corrected chi connectivity index (χ1v) is 5.95. The highest BCUT2D eigenvalue weighted by Crippen LogP contribution is 2.42. The Morgan fingerprint density at radius 1 is 1.29 bits per heavy atom. The molecule has 1 rings (SSSR count). The van der Waals surface area contributed by atoms with Gasteiger partial charge in [0.2, 0.25) is 0 Å². The van der Waals surface area contributed by atoms with E-state index in [1.807, 2.05) is 0 Å². The number of aromatic nitrogens is 1. The van der Waals surface area contributed by atoms with Gasteiger partial charge in [-0.15, -0.1) is 13.2 Å². The Balaban J connectivity index is 3.43. The van der Waals surface area contributed by atoms with E-state index >= 15 is 0 Å². The lowest BCUT2D eigenvalue weighted by atomic mass is 10.2. The normalized spacial score (nSPS) is 12.2. The lowest BCUT2D eigenvalue weighted by Crippen LogP contribution is -2.21. The van der Waals surface area contributed by atoms with Gasteiger partial charge in [-0.2, -0.15) is 13.2 Å². The monoisotopic (exact) mass is 381 g/mol. The van der Waals surface area contributed by atoms with E-state index in [0.29, 0.717) is 6.20 Å². The lowest BCUT2D eigenvalue weighted by molar-refractivity contribution is -0.275. The van der Waals surface area contributed by atoms with Gasteiger partial charge in [-0.3, -0.25) is 0 Å². The Bertz CT molecular complexity index is 543. The van der Waals surface area contributed by atoms with Crippen LogP contribution in [0.3, 0.4) is 0 Å². The van der Waals surface area contributed by atoms with E-state index in [2.05, 4.69) is 30.4 Å². The number of nitrogens with zero attached hydrogens (tertiary/aromatic N) is 1. The molecule has 0 aliphatic heterocycles. The standard InChI is InChI=1S/C10H6BrF6NO3/c1-2-20-8(19)7-5(9(12,13)14)6(11)4(3-18-7)21-10(15,16)17/h3H,2H2,1H3. The van der Waals surface area contributed by atoms with Gasteiger partial charge in [0.25, 0.3) is 0 Å². The zero-order chi connectivity index (χ0) is 16.4. The van der Waals surface area contributed by atoms with Crippen molar-refractivity contribution in [2.24, 2.45) is 0 Å². The second-order valence-electron chi connectivity index (χ2n) is 3.43. The molecule has 0 spiro atoms. The van der Waals surface area contributed by atoms with Gasteiger partial charge < -0.3 is 9.47 Å². The van der Waals surface area contributed by atoms with Crippen LogP contribution in [0.15, 0.2) is 10.7 Å². The van der Waals surface area contributed by atoms with Crippen molar-refractivity contribution >= 4 is 21.9 Å². The van der Waals surface area contributed by atoms with Crippen molar-refractivity contribution in [1.82, 2.24) is 4.98 Å². The zero-order valence-corrected chi connectivity index (χ0v) is 11.7. The summed E-state index contributed by atoms with van der Waals surface area (Å²) in [6, 6.07) is 0. The highest BCUT2D eigenvalue weighted by atomic mass is 79.9. The molecular formula is C10H6BrF6NO3. The van der Waals surface area contributed by atoms with E-state index in [1.165, 1.54) is 6.92 Å². The fraction of sp³-hybridized carbons (Fsp3) is 0.400. The molecule has 0 fully saturated rings. The van der Waals surface area contributed by atoms with E-state index in [4.69, 9.17) is 0 Å². The highest BCUT2D eigenvalue weighted by Gasteiger charge is 2.42. The Kier molecular flexibility index (Phi) is 5.07. The molecule has 0 saturated heterocycles. The molecule has 0 unspecified atom stereocenters. The van der Waals surface area contributed by atoms with Gasteiger partial charge in [0.05, 0.1) is 17.3 Å². The first kappa shape index (κ1) is 17.5. The maximum absolute atomic E-state index is 12.9. The highest BCUT2D eigenvalue weighted by molar-refractivity contribution is 9.10. The number of esters is 1. The third-order valence-electron chi connectivity index (χ3n) is 1.96. The summed E-state index contributed by atoms with van der Waals surface area (Å²) in [4.78, 5) is 14.5. The van der Waals surface area contributed by atoms with Gasteiger partial charge in [-0.25, -0.2) is 9.78 Å². The summed E-state index contributed by atoms with van der Waals surface area (Å²) in [7, 11) is 0. The average molecular weight is 382 g/mol. The first-order valence-electron chi connectivity index (χ1n) is 5.16. The van der Waals surface area contributed by atoms with Gasteiger partial charge in [0.15, 0.2) is 11.4 Å². The molecule has 0 radical (unpaired) electrons. The van der Waals surface area contributed by atoms with E-state index in [9.17, 15) is 31.1 Å². The summed E-state index contributed by atoms with van der Waals surface area (Å²) in [6.45, 7) is 1.12. The Morgan fingerprint density at radius 3 is 2.29 bits per heavy atom. The Hall–Kier alpha value is -1.52. The van der Waals surface area contributed by atoms with Crippen molar-refractivity contribution in [1.29, 1.82) is 0 Å². The van der Waals surface area contributed by atoms with Gasteiger partial charge in [0.1, 0.15) is 5.56 Å². The molecule has 0 atom stereocenters. The number of carbonyl (C=O) groups excluding carboxylic acids is 1. The van der Waals surface area contributed by atoms with E-state index < -0.39 is 40.0 Å². The van der Waals surface area contributed by atoms with Crippen molar-refractivity contribution in [2.45, 2.75) is 19.5 Å². The van der Waals surface area contributed by atoms with Gasteiger partial charge in [-0.05, 0) is 22.9 Å². The predicted octanol–water partition coefficient (Wildman–Crippen LogP) is 3.94. The van der Waals surface area contributed by atoms with Crippen LogP contribution in [0.4, 0.5) is 26.3 Å². The molecular weight excluding hydrogens is 376 g/mol. The second kappa shape index (κ2) is 6.08. The minimum Gasteiger partial charge on any atom is -0.461 e. The minimum absolute atomic E-state index is 0.226. The largest absolute Gasteiger partial charge is 0.573 e. The van der Waals surface area contributed by atoms with E-state index in [0.717, 1.165) is 0 Å². The summed E-state index contributed by atoms with van der Waals surface area (Å²) >= 11 is 2.35. The number of alkyl halides is 6. The van der Waals surface area contributed by atoms with Gasteiger partial charge >= 0.3 is 18.5 Å². The van der Waals surface area contributed by atoms with Crippen LogP contribution in [-0.4, -0.2) is 23.9 Å². The minimum atomic E-state index is -5.21. The van der Waals surface area contributed by atoms with Crippen molar-refractivity contribution in [3.8, 4) is 5.75 Å².